The minimum atomic E-state index is -0.0356. The van der Waals surface area contributed by atoms with Gasteiger partial charge in [-0.05, 0) is 20.0 Å². The molecule has 7 nitrogen and oxygen atoms in total. The number of piperazine rings is 1. The Labute approximate surface area is 123 Å². The fourth-order valence-corrected chi connectivity index (χ4v) is 2.36. The summed E-state index contributed by atoms with van der Waals surface area (Å²) in [5.41, 5.74) is 1.08. The number of ether oxygens (including phenoxy) is 1. The maximum atomic E-state index is 12.5. The highest BCUT2D eigenvalue weighted by atomic mass is 16.5. The summed E-state index contributed by atoms with van der Waals surface area (Å²) in [6.45, 7) is 5.72. The van der Waals surface area contributed by atoms with E-state index in [-0.39, 0.29) is 5.91 Å². The molecule has 0 spiro atoms. The first-order chi connectivity index (χ1) is 10.2. The number of hydrogen-bond donors (Lipinski definition) is 0. The molecule has 0 aliphatic carbocycles. The van der Waals surface area contributed by atoms with Crippen LogP contribution in [-0.4, -0.2) is 70.1 Å². The summed E-state index contributed by atoms with van der Waals surface area (Å²) in [4.78, 5) is 20.9. The number of rotatable bonds is 3. The molecular formula is C14H19N5O2. The Bertz CT molecular complexity index is 646. The van der Waals surface area contributed by atoms with Gasteiger partial charge in [0.05, 0.1) is 12.8 Å². The first-order valence-electron chi connectivity index (χ1n) is 7.14. The third-order valence-electron chi connectivity index (χ3n) is 3.60. The van der Waals surface area contributed by atoms with Crippen molar-refractivity contribution in [2.24, 2.45) is 0 Å². The molecule has 2 aromatic rings. The number of fused-ring (bicyclic) bond motifs is 1. The van der Waals surface area contributed by atoms with E-state index in [4.69, 9.17) is 4.74 Å². The van der Waals surface area contributed by atoms with E-state index >= 15 is 0 Å². The summed E-state index contributed by atoms with van der Waals surface area (Å²) >= 11 is 0. The van der Waals surface area contributed by atoms with E-state index in [1.165, 1.54) is 0 Å². The standard InChI is InChI=1S/C14H19N5O2/c1-3-21-13-5-4-12-15-11(10-19(12)16-13)14(20)18-8-6-17(2)7-9-18/h4-5,10H,3,6-9H2,1-2H3. The Morgan fingerprint density at radius 2 is 2.05 bits per heavy atom. The Balaban J connectivity index is 1.81. The van der Waals surface area contributed by atoms with Crippen LogP contribution in [0, 0.1) is 0 Å². The zero-order valence-electron chi connectivity index (χ0n) is 12.3. The number of carbonyl (C=O) groups is 1. The lowest BCUT2D eigenvalue weighted by Gasteiger charge is -2.31. The SMILES string of the molecule is CCOc1ccc2nc(C(=O)N3CCN(C)CC3)cn2n1. The number of nitrogens with zero attached hydrogens (tertiary/aromatic N) is 5. The van der Waals surface area contributed by atoms with Gasteiger partial charge in [-0.15, -0.1) is 5.10 Å². The average molecular weight is 289 g/mol. The second-order valence-corrected chi connectivity index (χ2v) is 5.13. The van der Waals surface area contributed by atoms with Gasteiger partial charge < -0.3 is 14.5 Å². The zero-order chi connectivity index (χ0) is 14.8. The molecule has 1 aliphatic heterocycles. The van der Waals surface area contributed by atoms with Gasteiger partial charge in [-0.2, -0.15) is 0 Å². The lowest BCUT2D eigenvalue weighted by atomic mass is 10.3. The van der Waals surface area contributed by atoms with Crippen LogP contribution in [0.15, 0.2) is 18.3 Å². The van der Waals surface area contributed by atoms with Gasteiger partial charge in [0, 0.05) is 32.2 Å². The molecule has 0 bridgehead atoms. The fraction of sp³-hybridized carbons (Fsp3) is 0.500. The van der Waals surface area contributed by atoms with Crippen molar-refractivity contribution in [3.63, 3.8) is 0 Å². The van der Waals surface area contributed by atoms with E-state index in [1.54, 1.807) is 22.8 Å². The lowest BCUT2D eigenvalue weighted by molar-refractivity contribution is 0.0659. The average Bonchev–Trinajstić information content (AvgIpc) is 2.91. The topological polar surface area (TPSA) is 63.0 Å². The molecule has 21 heavy (non-hydrogen) atoms. The minimum absolute atomic E-state index is 0.0356. The second-order valence-electron chi connectivity index (χ2n) is 5.13. The first-order valence-corrected chi connectivity index (χ1v) is 7.14. The molecule has 0 saturated carbocycles. The summed E-state index contributed by atoms with van der Waals surface area (Å²) in [5.74, 6) is 0.493. The second kappa shape index (κ2) is 5.69. The highest BCUT2D eigenvalue weighted by Gasteiger charge is 2.22. The molecule has 1 aliphatic rings. The first kappa shape index (κ1) is 13.8. The highest BCUT2D eigenvalue weighted by Crippen LogP contribution is 2.12. The van der Waals surface area contributed by atoms with Gasteiger partial charge in [0.25, 0.3) is 5.91 Å². The monoisotopic (exact) mass is 289 g/mol. The molecule has 1 fully saturated rings. The van der Waals surface area contributed by atoms with Crippen molar-refractivity contribution in [2.45, 2.75) is 6.92 Å². The molecule has 0 aromatic carbocycles. The van der Waals surface area contributed by atoms with Gasteiger partial charge in [0.1, 0.15) is 5.69 Å². The number of amides is 1. The van der Waals surface area contributed by atoms with Crippen LogP contribution in [0.25, 0.3) is 5.65 Å². The van der Waals surface area contributed by atoms with Crippen molar-refractivity contribution in [1.82, 2.24) is 24.4 Å². The molecule has 3 heterocycles. The molecule has 2 aromatic heterocycles. The van der Waals surface area contributed by atoms with Gasteiger partial charge in [-0.3, -0.25) is 4.79 Å². The van der Waals surface area contributed by atoms with Crippen LogP contribution >= 0.6 is 0 Å². The normalized spacial score (nSPS) is 16.4. The summed E-state index contributed by atoms with van der Waals surface area (Å²) in [6, 6.07) is 3.56. The van der Waals surface area contributed by atoms with Crippen LogP contribution in [-0.2, 0) is 0 Å². The Morgan fingerprint density at radius 3 is 2.76 bits per heavy atom. The molecule has 112 valence electrons. The molecule has 0 radical (unpaired) electrons. The van der Waals surface area contributed by atoms with Gasteiger partial charge >= 0.3 is 0 Å². The molecule has 1 saturated heterocycles. The number of likely N-dealkylation sites (N-methyl/N-ethyl adjacent to an activating group) is 1. The largest absolute Gasteiger partial charge is 0.477 e. The van der Waals surface area contributed by atoms with Crippen molar-refractivity contribution in [3.05, 3.63) is 24.0 Å². The van der Waals surface area contributed by atoms with Gasteiger partial charge in [0.2, 0.25) is 5.88 Å². The third kappa shape index (κ3) is 2.82. The number of hydrogen-bond acceptors (Lipinski definition) is 5. The van der Waals surface area contributed by atoms with Gasteiger partial charge in [0.15, 0.2) is 5.65 Å². The van der Waals surface area contributed by atoms with Crippen LogP contribution in [0.4, 0.5) is 0 Å². The third-order valence-corrected chi connectivity index (χ3v) is 3.60. The molecular weight excluding hydrogens is 270 g/mol. The maximum Gasteiger partial charge on any atom is 0.274 e. The summed E-state index contributed by atoms with van der Waals surface area (Å²) in [6.07, 6.45) is 1.67. The number of aromatic nitrogens is 3. The van der Waals surface area contributed by atoms with Crippen molar-refractivity contribution in [2.75, 3.05) is 39.8 Å². The Kier molecular flexibility index (Phi) is 3.74. The van der Waals surface area contributed by atoms with Crippen LogP contribution in [0.1, 0.15) is 17.4 Å². The Hall–Kier alpha value is -2.15. The molecule has 7 heteroatoms. The molecule has 3 rings (SSSR count). The molecule has 1 amide bonds. The zero-order valence-corrected chi connectivity index (χ0v) is 12.3. The van der Waals surface area contributed by atoms with E-state index in [0.717, 1.165) is 26.2 Å². The van der Waals surface area contributed by atoms with Gasteiger partial charge in [-0.1, -0.05) is 0 Å². The lowest BCUT2D eigenvalue weighted by Crippen LogP contribution is -2.47. The summed E-state index contributed by atoms with van der Waals surface area (Å²) in [7, 11) is 2.06. The van der Waals surface area contributed by atoms with Crippen LogP contribution in [0.3, 0.4) is 0 Å². The van der Waals surface area contributed by atoms with Crippen molar-refractivity contribution in [1.29, 1.82) is 0 Å². The van der Waals surface area contributed by atoms with Crippen molar-refractivity contribution >= 4 is 11.6 Å². The van der Waals surface area contributed by atoms with E-state index in [0.29, 0.717) is 23.8 Å². The molecule has 0 N–H and O–H groups in total. The Morgan fingerprint density at radius 1 is 1.29 bits per heavy atom. The van der Waals surface area contributed by atoms with E-state index in [9.17, 15) is 4.79 Å². The van der Waals surface area contributed by atoms with Crippen molar-refractivity contribution in [3.8, 4) is 5.88 Å². The summed E-state index contributed by atoms with van der Waals surface area (Å²) in [5, 5.41) is 4.28. The predicted molar refractivity (Wildman–Crippen MR) is 77.6 cm³/mol. The fourth-order valence-electron chi connectivity index (χ4n) is 2.36. The number of carbonyl (C=O) groups excluding carboxylic acids is 1. The minimum Gasteiger partial charge on any atom is -0.477 e. The van der Waals surface area contributed by atoms with Crippen LogP contribution < -0.4 is 4.74 Å². The van der Waals surface area contributed by atoms with Crippen molar-refractivity contribution < 1.29 is 9.53 Å². The van der Waals surface area contributed by atoms with E-state index < -0.39 is 0 Å². The highest BCUT2D eigenvalue weighted by molar-refractivity contribution is 5.93. The van der Waals surface area contributed by atoms with E-state index in [2.05, 4.69) is 22.0 Å². The van der Waals surface area contributed by atoms with Crippen LogP contribution in [0.2, 0.25) is 0 Å². The predicted octanol–water partition coefficient (Wildman–Crippen LogP) is 0.516. The molecule has 0 atom stereocenters. The van der Waals surface area contributed by atoms with E-state index in [1.807, 2.05) is 11.8 Å². The molecule has 0 unspecified atom stereocenters. The van der Waals surface area contributed by atoms with Gasteiger partial charge in [-0.25, -0.2) is 9.50 Å². The van der Waals surface area contributed by atoms with Crippen LogP contribution in [0.5, 0.6) is 5.88 Å². The smallest absolute Gasteiger partial charge is 0.274 e. The number of imidazole rings is 1. The maximum absolute atomic E-state index is 12.5. The summed E-state index contributed by atoms with van der Waals surface area (Å²) < 4.78 is 6.94. The quantitative estimate of drug-likeness (QED) is 0.824.